The second-order valence-corrected chi connectivity index (χ2v) is 6.37. The molecule has 0 fully saturated rings. The Morgan fingerprint density at radius 3 is 2.71 bits per heavy atom. The molecular formula is C20H18F3N6O2+. The van der Waals surface area contributed by atoms with Gasteiger partial charge in [0, 0.05) is 28.2 Å². The van der Waals surface area contributed by atoms with E-state index in [0.717, 1.165) is 6.07 Å². The Morgan fingerprint density at radius 2 is 2.00 bits per heavy atom. The van der Waals surface area contributed by atoms with Crippen LogP contribution in [-0.4, -0.2) is 16.0 Å². The third kappa shape index (κ3) is 5.53. The number of alkyl halides is 3. The van der Waals surface area contributed by atoms with Crippen LogP contribution in [0.5, 0.6) is 5.75 Å². The summed E-state index contributed by atoms with van der Waals surface area (Å²) in [6, 6.07) is 11.1. The molecule has 0 saturated carbocycles. The highest BCUT2D eigenvalue weighted by atomic mass is 19.4. The summed E-state index contributed by atoms with van der Waals surface area (Å²) in [5, 5.41) is 7.49. The number of amides is 2. The van der Waals surface area contributed by atoms with Gasteiger partial charge in [0.25, 0.3) is 0 Å². The zero-order valence-electron chi connectivity index (χ0n) is 16.3. The zero-order chi connectivity index (χ0) is 22.4. The summed E-state index contributed by atoms with van der Waals surface area (Å²) in [7, 11) is 0. The molecule has 1 heterocycles. The van der Waals surface area contributed by atoms with Gasteiger partial charge in [-0.2, -0.15) is 13.2 Å². The summed E-state index contributed by atoms with van der Waals surface area (Å²) >= 11 is 0. The van der Waals surface area contributed by atoms with Crippen molar-refractivity contribution in [2.24, 2.45) is 11.1 Å². The number of aromatic nitrogens is 2. The average Bonchev–Trinajstić information content (AvgIpc) is 2.72. The number of ether oxygens (including phenoxy) is 1. The van der Waals surface area contributed by atoms with E-state index >= 15 is 0 Å². The number of carbonyl (C=O) groups is 1. The summed E-state index contributed by atoms with van der Waals surface area (Å²) in [6.45, 7) is 1.50. The van der Waals surface area contributed by atoms with Crippen molar-refractivity contribution in [3.8, 4) is 17.1 Å². The molecule has 0 atom stereocenters. The van der Waals surface area contributed by atoms with Gasteiger partial charge in [-0.05, 0) is 37.3 Å². The van der Waals surface area contributed by atoms with Crippen LogP contribution < -0.4 is 21.0 Å². The van der Waals surface area contributed by atoms with Gasteiger partial charge in [0.15, 0.2) is 5.82 Å². The van der Waals surface area contributed by atoms with Gasteiger partial charge < -0.3 is 4.74 Å². The molecule has 4 N–H and O–H groups in total. The van der Waals surface area contributed by atoms with Crippen molar-refractivity contribution in [2.75, 3.05) is 5.32 Å². The second kappa shape index (κ2) is 9.20. The van der Waals surface area contributed by atoms with Gasteiger partial charge in [-0.1, -0.05) is 18.2 Å². The molecule has 3 aromatic rings. The molecule has 0 aliphatic heterocycles. The Hall–Kier alpha value is -4.02. The number of carbonyl (C=O) groups excluding carboxylic acids is 1. The van der Waals surface area contributed by atoms with E-state index in [1.54, 1.807) is 37.3 Å². The Morgan fingerprint density at radius 1 is 1.23 bits per heavy atom. The van der Waals surface area contributed by atoms with E-state index in [0.29, 0.717) is 16.9 Å². The van der Waals surface area contributed by atoms with Crippen LogP contribution in [0.2, 0.25) is 0 Å². The smallest absolute Gasteiger partial charge is 0.457 e. The van der Waals surface area contributed by atoms with Gasteiger partial charge >= 0.3 is 12.2 Å². The molecule has 0 bridgehead atoms. The van der Waals surface area contributed by atoms with Crippen LogP contribution in [0.3, 0.4) is 0 Å². The quantitative estimate of drug-likeness (QED) is 0.326. The maximum absolute atomic E-state index is 13.7. The molecule has 0 aliphatic rings. The maximum atomic E-state index is 13.7. The summed E-state index contributed by atoms with van der Waals surface area (Å²) in [5.74, 6) is 4.71. The van der Waals surface area contributed by atoms with E-state index in [1.165, 1.54) is 18.3 Å². The normalized spacial score (nSPS) is 11.5. The van der Waals surface area contributed by atoms with Gasteiger partial charge in [0.05, 0.1) is 5.56 Å². The lowest BCUT2D eigenvalue weighted by atomic mass is 10.1. The first-order valence-electron chi connectivity index (χ1n) is 8.97. The molecule has 3 rings (SSSR count). The number of para-hydroxylation sites is 1. The molecule has 1 aromatic heterocycles. The van der Waals surface area contributed by atoms with Crippen molar-refractivity contribution in [2.45, 2.75) is 19.7 Å². The SMILES string of the molecule is Cc1ccnc(-c2ccc(OCc3ccccc3NC(=O)/[NH+]=N\N)c(C(F)(F)F)c2)n1. The molecule has 11 heteroatoms. The molecule has 0 aliphatic carbocycles. The lowest BCUT2D eigenvalue weighted by Crippen LogP contribution is -2.73. The molecular weight excluding hydrogens is 413 g/mol. The molecule has 31 heavy (non-hydrogen) atoms. The predicted molar refractivity (Wildman–Crippen MR) is 105 cm³/mol. The van der Waals surface area contributed by atoms with Gasteiger partial charge in [-0.15, -0.1) is 5.11 Å². The number of rotatable bonds is 5. The Labute approximate surface area is 175 Å². The maximum Gasteiger partial charge on any atom is 0.457 e. The van der Waals surface area contributed by atoms with Crippen molar-refractivity contribution >= 4 is 11.7 Å². The Balaban J connectivity index is 1.88. The number of hydrogen-bond acceptors (Lipinski definition) is 5. The average molecular weight is 431 g/mol. The first-order chi connectivity index (χ1) is 14.8. The van der Waals surface area contributed by atoms with Crippen LogP contribution in [0, 0.1) is 6.92 Å². The number of nitrogens with one attached hydrogen (secondary N) is 2. The van der Waals surface area contributed by atoms with Crippen molar-refractivity contribution in [3.63, 3.8) is 0 Å². The van der Waals surface area contributed by atoms with Gasteiger partial charge in [0.2, 0.25) is 0 Å². The fourth-order valence-corrected chi connectivity index (χ4v) is 2.74. The van der Waals surface area contributed by atoms with Crippen LogP contribution in [0.25, 0.3) is 11.4 Å². The predicted octanol–water partition coefficient (Wildman–Crippen LogP) is 2.99. The molecule has 0 spiro atoms. The first kappa shape index (κ1) is 21.7. The molecule has 2 aromatic carbocycles. The van der Waals surface area contributed by atoms with Crippen LogP contribution in [0.1, 0.15) is 16.8 Å². The number of anilines is 1. The fraction of sp³-hybridized carbons (Fsp3) is 0.150. The Bertz CT molecular complexity index is 1120. The van der Waals surface area contributed by atoms with Crippen molar-refractivity contribution in [1.82, 2.24) is 9.97 Å². The Kier molecular flexibility index (Phi) is 6.43. The minimum Gasteiger partial charge on any atom is -0.488 e. The summed E-state index contributed by atoms with van der Waals surface area (Å²) in [5.41, 5.74) is 0.679. The summed E-state index contributed by atoms with van der Waals surface area (Å²) < 4.78 is 46.5. The standard InChI is InChI=1S/C20H17F3N6O2/c1-12-8-9-25-18(26-12)13-6-7-17(15(10-13)20(21,22)23)31-11-14-4-2-3-5-16(14)27-19(30)28-29-24/h2-10H,11H2,1H3,(H3,24,27,28,30)/p+1. The molecule has 8 nitrogen and oxygen atoms in total. The van der Waals surface area contributed by atoms with Crippen LogP contribution in [0.15, 0.2) is 60.0 Å². The van der Waals surface area contributed by atoms with Crippen molar-refractivity contribution in [3.05, 3.63) is 71.5 Å². The van der Waals surface area contributed by atoms with Gasteiger partial charge in [0.1, 0.15) is 18.0 Å². The van der Waals surface area contributed by atoms with E-state index in [1.807, 2.05) is 5.11 Å². The van der Waals surface area contributed by atoms with Crippen LogP contribution in [0.4, 0.5) is 23.7 Å². The molecule has 0 radical (unpaired) electrons. The summed E-state index contributed by atoms with van der Waals surface area (Å²) in [4.78, 5) is 19.8. The minimum atomic E-state index is -4.66. The van der Waals surface area contributed by atoms with E-state index in [2.05, 4.69) is 20.5 Å². The molecule has 0 unspecified atom stereocenters. The molecule has 0 saturated heterocycles. The van der Waals surface area contributed by atoms with Gasteiger partial charge in [-0.25, -0.2) is 25.9 Å². The number of halogens is 3. The second-order valence-electron chi connectivity index (χ2n) is 6.37. The monoisotopic (exact) mass is 431 g/mol. The highest BCUT2D eigenvalue weighted by molar-refractivity contribution is 5.82. The first-order valence-corrected chi connectivity index (χ1v) is 8.97. The molecule has 2 amide bonds. The highest BCUT2D eigenvalue weighted by Gasteiger charge is 2.35. The van der Waals surface area contributed by atoms with E-state index < -0.39 is 17.8 Å². The largest absolute Gasteiger partial charge is 0.488 e. The zero-order valence-corrected chi connectivity index (χ0v) is 16.3. The third-order valence-electron chi connectivity index (χ3n) is 4.15. The topological polar surface area (TPSA) is 116 Å². The number of nitrogens with two attached hydrogens (primary N) is 1. The molecule has 160 valence electrons. The van der Waals surface area contributed by atoms with Crippen molar-refractivity contribution < 1.29 is 27.8 Å². The minimum absolute atomic E-state index is 0.183. The van der Waals surface area contributed by atoms with Crippen LogP contribution in [-0.2, 0) is 12.8 Å². The van der Waals surface area contributed by atoms with E-state index in [-0.39, 0.29) is 23.7 Å². The van der Waals surface area contributed by atoms with Crippen LogP contribution >= 0.6 is 0 Å². The number of benzene rings is 2. The van der Waals surface area contributed by atoms with E-state index in [4.69, 9.17) is 10.6 Å². The lowest BCUT2D eigenvalue weighted by Gasteiger charge is -2.16. The van der Waals surface area contributed by atoms with E-state index in [9.17, 15) is 18.0 Å². The number of aryl methyl sites for hydroxylation is 1. The number of hydrogen-bond donors (Lipinski definition) is 3. The van der Waals surface area contributed by atoms with Gasteiger partial charge in [-0.3, -0.25) is 0 Å². The third-order valence-corrected chi connectivity index (χ3v) is 4.15. The fourth-order valence-electron chi connectivity index (χ4n) is 2.74. The van der Waals surface area contributed by atoms with Crippen molar-refractivity contribution in [1.29, 1.82) is 0 Å². The number of nitrogens with zero attached hydrogens (tertiary/aromatic N) is 3. The summed E-state index contributed by atoms with van der Waals surface area (Å²) in [6.07, 6.45) is -3.18. The highest BCUT2D eigenvalue weighted by Crippen LogP contribution is 2.38. The number of urea groups is 1. The lowest BCUT2D eigenvalue weighted by molar-refractivity contribution is -0.423.